The standard InChI is InChI=1S/C22H15N3O/c1-2-4-14-8-9-16-20-15(14)5-3-6-17(20)22(26)25-19-10-7-13(12-23)11-18(19)24-21(16)25/h3,5-11H,2,4H2,1H3. The molecule has 0 fully saturated rings. The normalized spacial score (nSPS) is 11.7. The summed E-state index contributed by atoms with van der Waals surface area (Å²) in [6.07, 6.45) is 2.04. The summed E-state index contributed by atoms with van der Waals surface area (Å²) in [5.41, 5.74) is 3.82. The summed E-state index contributed by atoms with van der Waals surface area (Å²) >= 11 is 0. The summed E-state index contributed by atoms with van der Waals surface area (Å²) in [5.74, 6) is 0. The third-order valence-corrected chi connectivity index (χ3v) is 5.11. The summed E-state index contributed by atoms with van der Waals surface area (Å²) in [6.45, 7) is 2.16. The molecule has 0 unspecified atom stereocenters. The second-order valence-corrected chi connectivity index (χ2v) is 6.64. The number of aryl methyl sites for hydroxylation is 1. The number of rotatable bonds is 2. The average molecular weight is 337 g/mol. The molecule has 2 heterocycles. The Hall–Kier alpha value is -3.45. The molecular weight excluding hydrogens is 322 g/mol. The molecule has 4 heteroatoms. The highest BCUT2D eigenvalue weighted by molar-refractivity contribution is 6.16. The van der Waals surface area contributed by atoms with E-state index in [1.54, 1.807) is 22.6 Å². The summed E-state index contributed by atoms with van der Waals surface area (Å²) in [6, 6.07) is 17.6. The average Bonchev–Trinajstić information content (AvgIpc) is 3.05. The largest absolute Gasteiger partial charge is 0.268 e. The van der Waals surface area contributed by atoms with E-state index in [2.05, 4.69) is 31.2 Å². The molecule has 0 radical (unpaired) electrons. The molecule has 0 bridgehead atoms. The lowest BCUT2D eigenvalue weighted by Gasteiger charge is -2.11. The second kappa shape index (κ2) is 5.27. The van der Waals surface area contributed by atoms with Crippen LogP contribution in [0.1, 0.15) is 24.5 Å². The minimum absolute atomic E-state index is 0.0565. The van der Waals surface area contributed by atoms with Crippen LogP contribution in [0.4, 0.5) is 0 Å². The molecule has 0 saturated carbocycles. The molecule has 2 aromatic heterocycles. The SMILES string of the molecule is CCCc1ccc2c3c1cccc3c(=O)n1c3ccc(C#N)cc3nc21. The topological polar surface area (TPSA) is 58.2 Å². The second-order valence-electron chi connectivity index (χ2n) is 6.64. The highest BCUT2D eigenvalue weighted by atomic mass is 16.1. The van der Waals surface area contributed by atoms with Crippen LogP contribution in [0.5, 0.6) is 0 Å². The van der Waals surface area contributed by atoms with Crippen molar-refractivity contribution in [3.05, 3.63) is 70.0 Å². The highest BCUT2D eigenvalue weighted by Crippen LogP contribution is 2.32. The Morgan fingerprint density at radius 1 is 1.08 bits per heavy atom. The van der Waals surface area contributed by atoms with Gasteiger partial charge in [-0.05, 0) is 41.6 Å². The van der Waals surface area contributed by atoms with Gasteiger partial charge in [0.1, 0.15) is 5.65 Å². The van der Waals surface area contributed by atoms with Crippen LogP contribution in [0.25, 0.3) is 38.2 Å². The van der Waals surface area contributed by atoms with Gasteiger partial charge in [0, 0.05) is 16.2 Å². The summed E-state index contributed by atoms with van der Waals surface area (Å²) in [5, 5.41) is 13.0. The Labute approximate surface area is 149 Å². The highest BCUT2D eigenvalue weighted by Gasteiger charge is 2.17. The first-order valence-electron chi connectivity index (χ1n) is 8.75. The number of fused-ring (bicyclic) bond motifs is 4. The maximum absolute atomic E-state index is 13.3. The maximum atomic E-state index is 13.3. The zero-order valence-corrected chi connectivity index (χ0v) is 14.3. The van der Waals surface area contributed by atoms with Gasteiger partial charge < -0.3 is 0 Å². The van der Waals surface area contributed by atoms with Crippen LogP contribution in [-0.2, 0) is 6.42 Å². The molecule has 0 saturated heterocycles. The van der Waals surface area contributed by atoms with Crippen LogP contribution < -0.4 is 5.56 Å². The molecule has 3 aromatic carbocycles. The lowest BCUT2D eigenvalue weighted by atomic mass is 9.96. The van der Waals surface area contributed by atoms with Crippen LogP contribution in [-0.4, -0.2) is 9.38 Å². The Bertz CT molecular complexity index is 1420. The third kappa shape index (κ3) is 1.83. The van der Waals surface area contributed by atoms with Crippen molar-refractivity contribution in [1.29, 1.82) is 5.26 Å². The van der Waals surface area contributed by atoms with Gasteiger partial charge in [-0.2, -0.15) is 5.26 Å². The van der Waals surface area contributed by atoms with E-state index in [4.69, 9.17) is 10.2 Å². The molecule has 5 rings (SSSR count). The van der Waals surface area contributed by atoms with Gasteiger partial charge in [0.25, 0.3) is 5.56 Å². The minimum atomic E-state index is -0.0565. The van der Waals surface area contributed by atoms with E-state index in [1.165, 1.54) is 5.56 Å². The van der Waals surface area contributed by atoms with Gasteiger partial charge in [-0.25, -0.2) is 4.98 Å². The van der Waals surface area contributed by atoms with Crippen molar-refractivity contribution < 1.29 is 0 Å². The fraction of sp³-hybridized carbons (Fsp3) is 0.136. The van der Waals surface area contributed by atoms with Crippen LogP contribution in [0.15, 0.2) is 53.3 Å². The number of pyridine rings is 1. The van der Waals surface area contributed by atoms with E-state index >= 15 is 0 Å². The van der Waals surface area contributed by atoms with Gasteiger partial charge in [0.05, 0.1) is 22.7 Å². The van der Waals surface area contributed by atoms with Crippen molar-refractivity contribution in [3.63, 3.8) is 0 Å². The first kappa shape index (κ1) is 14.9. The van der Waals surface area contributed by atoms with Gasteiger partial charge in [0.15, 0.2) is 0 Å². The lowest BCUT2D eigenvalue weighted by molar-refractivity contribution is 0.930. The lowest BCUT2D eigenvalue weighted by Crippen LogP contribution is -2.13. The molecule has 124 valence electrons. The Balaban J connectivity index is 2.06. The Morgan fingerprint density at radius 3 is 2.73 bits per heavy atom. The molecule has 0 aliphatic carbocycles. The maximum Gasteiger partial charge on any atom is 0.264 e. The van der Waals surface area contributed by atoms with E-state index in [0.717, 1.165) is 34.5 Å². The smallest absolute Gasteiger partial charge is 0.264 e. The predicted octanol–water partition coefficient (Wildman–Crippen LogP) is 4.42. The van der Waals surface area contributed by atoms with E-state index in [-0.39, 0.29) is 5.56 Å². The number of nitriles is 1. The minimum Gasteiger partial charge on any atom is -0.268 e. The molecule has 5 aromatic rings. The van der Waals surface area contributed by atoms with E-state index < -0.39 is 0 Å². The van der Waals surface area contributed by atoms with Crippen LogP contribution in [0, 0.1) is 11.3 Å². The van der Waals surface area contributed by atoms with Crippen LogP contribution in [0.3, 0.4) is 0 Å². The molecule has 0 spiro atoms. The molecule has 26 heavy (non-hydrogen) atoms. The van der Waals surface area contributed by atoms with E-state index in [0.29, 0.717) is 22.1 Å². The number of imidazole rings is 1. The summed E-state index contributed by atoms with van der Waals surface area (Å²) < 4.78 is 1.67. The van der Waals surface area contributed by atoms with Crippen molar-refractivity contribution >= 4 is 38.2 Å². The van der Waals surface area contributed by atoms with Crippen molar-refractivity contribution in [2.45, 2.75) is 19.8 Å². The van der Waals surface area contributed by atoms with Gasteiger partial charge >= 0.3 is 0 Å². The molecule has 0 amide bonds. The molecule has 0 N–H and O–H groups in total. The zero-order valence-electron chi connectivity index (χ0n) is 14.3. The Kier molecular flexibility index (Phi) is 3.01. The molecule has 0 atom stereocenters. The third-order valence-electron chi connectivity index (χ3n) is 5.11. The molecule has 4 nitrogen and oxygen atoms in total. The van der Waals surface area contributed by atoms with E-state index in [1.807, 2.05) is 12.1 Å². The molecule has 0 aliphatic heterocycles. The van der Waals surface area contributed by atoms with Gasteiger partial charge in [-0.3, -0.25) is 9.20 Å². The van der Waals surface area contributed by atoms with Gasteiger partial charge in [-0.1, -0.05) is 37.6 Å². The van der Waals surface area contributed by atoms with Crippen LogP contribution >= 0.6 is 0 Å². The first-order valence-corrected chi connectivity index (χ1v) is 8.75. The number of benzene rings is 3. The van der Waals surface area contributed by atoms with E-state index in [9.17, 15) is 4.79 Å². The summed E-state index contributed by atoms with van der Waals surface area (Å²) in [7, 11) is 0. The Morgan fingerprint density at radius 2 is 1.92 bits per heavy atom. The van der Waals surface area contributed by atoms with Crippen molar-refractivity contribution in [2.75, 3.05) is 0 Å². The predicted molar refractivity (Wildman–Crippen MR) is 104 cm³/mol. The molecule has 0 aliphatic rings. The van der Waals surface area contributed by atoms with Gasteiger partial charge in [0.2, 0.25) is 0 Å². The van der Waals surface area contributed by atoms with Crippen LogP contribution in [0.2, 0.25) is 0 Å². The number of nitrogens with zero attached hydrogens (tertiary/aromatic N) is 3. The van der Waals surface area contributed by atoms with Crippen molar-refractivity contribution in [3.8, 4) is 6.07 Å². The summed E-state index contributed by atoms with van der Waals surface area (Å²) in [4.78, 5) is 18.0. The van der Waals surface area contributed by atoms with Crippen molar-refractivity contribution in [1.82, 2.24) is 9.38 Å². The number of hydrogen-bond donors (Lipinski definition) is 0. The quantitative estimate of drug-likeness (QED) is 0.479. The molecular formula is C22H15N3O. The first-order chi connectivity index (χ1) is 12.7. The van der Waals surface area contributed by atoms with Crippen molar-refractivity contribution in [2.24, 2.45) is 0 Å². The van der Waals surface area contributed by atoms with Gasteiger partial charge in [-0.15, -0.1) is 0 Å². The number of aromatic nitrogens is 2. The fourth-order valence-corrected chi connectivity index (χ4v) is 3.98. The monoisotopic (exact) mass is 337 g/mol. The number of hydrogen-bond acceptors (Lipinski definition) is 3. The fourth-order valence-electron chi connectivity index (χ4n) is 3.98. The zero-order chi connectivity index (χ0) is 17.8.